The number of nitro benzene ring substituents is 1. The van der Waals surface area contributed by atoms with E-state index in [0.29, 0.717) is 10.5 Å². The quantitative estimate of drug-likeness (QED) is 0.103. The van der Waals surface area contributed by atoms with Gasteiger partial charge in [-0.15, -0.1) is 11.3 Å². The minimum Gasteiger partial charge on any atom is -0.456 e. The summed E-state index contributed by atoms with van der Waals surface area (Å²) in [6, 6.07) is 9.80. The van der Waals surface area contributed by atoms with Crippen LogP contribution in [0.25, 0.3) is 5.57 Å². The number of hydrogen-bond donors (Lipinski definition) is 0. The van der Waals surface area contributed by atoms with Gasteiger partial charge in [-0.05, 0) is 61.1 Å². The van der Waals surface area contributed by atoms with Crippen molar-refractivity contribution in [1.29, 1.82) is 0 Å². The maximum Gasteiger partial charge on any atom is 0.356 e. The molecule has 1 aromatic heterocycles. The van der Waals surface area contributed by atoms with Gasteiger partial charge in [0.2, 0.25) is 5.91 Å². The van der Waals surface area contributed by atoms with Crippen molar-refractivity contribution in [3.05, 3.63) is 79.0 Å². The Morgan fingerprint density at radius 3 is 2.44 bits per heavy atom. The van der Waals surface area contributed by atoms with Crippen molar-refractivity contribution in [3.63, 3.8) is 0 Å². The van der Waals surface area contributed by atoms with E-state index in [1.807, 2.05) is 37.4 Å². The number of hydrogen-bond acceptors (Lipinski definition) is 8. The molecule has 0 aliphatic carbocycles. The molecule has 1 fully saturated rings. The smallest absolute Gasteiger partial charge is 0.356 e. The maximum absolute atomic E-state index is 13.6. The molecule has 0 radical (unpaired) electrons. The van der Waals surface area contributed by atoms with E-state index < -0.39 is 19.2 Å². The fraction of sp³-hybridized carbons (Fsp3) is 0.429. The number of allylic oxidation sites excluding steroid dienone is 2. The van der Waals surface area contributed by atoms with Gasteiger partial charge in [0.25, 0.3) is 5.69 Å². The summed E-state index contributed by atoms with van der Waals surface area (Å²) < 4.78 is 12.2. The van der Waals surface area contributed by atoms with E-state index in [9.17, 15) is 19.7 Å². The van der Waals surface area contributed by atoms with Gasteiger partial charge in [-0.3, -0.25) is 19.8 Å². The Hall–Kier alpha value is -2.73. The van der Waals surface area contributed by atoms with Crippen molar-refractivity contribution in [2.75, 3.05) is 0 Å². The average molecular weight is 587 g/mol. The third-order valence-electron chi connectivity index (χ3n) is 7.60. The zero-order chi connectivity index (χ0) is 28.7. The summed E-state index contributed by atoms with van der Waals surface area (Å²) in [6.07, 6.45) is 1.67. The molecule has 39 heavy (non-hydrogen) atoms. The molecule has 2 aromatic rings. The van der Waals surface area contributed by atoms with Crippen molar-refractivity contribution in [2.45, 2.75) is 70.8 Å². The maximum atomic E-state index is 13.6. The molecule has 3 heterocycles. The molecule has 4 rings (SSSR count). The monoisotopic (exact) mass is 586 g/mol. The van der Waals surface area contributed by atoms with Gasteiger partial charge >= 0.3 is 5.97 Å². The van der Waals surface area contributed by atoms with Gasteiger partial charge in [-0.25, -0.2) is 4.79 Å². The first-order valence-electron chi connectivity index (χ1n) is 12.8. The average Bonchev–Trinajstić information content (AvgIpc) is 3.49. The number of thiophene rings is 1. The van der Waals surface area contributed by atoms with Crippen molar-refractivity contribution < 1.29 is 23.7 Å². The third-order valence-corrected chi connectivity index (χ3v) is 14.5. The minimum atomic E-state index is -2.11. The van der Waals surface area contributed by atoms with E-state index in [-0.39, 0.29) is 46.3 Å². The van der Waals surface area contributed by atoms with Gasteiger partial charge in [-0.1, -0.05) is 44.7 Å². The number of thioether (sulfide) groups is 1. The second-order valence-electron chi connectivity index (χ2n) is 11.2. The number of fused-ring (bicyclic) bond motifs is 1. The van der Waals surface area contributed by atoms with Crippen LogP contribution in [0.2, 0.25) is 18.1 Å². The number of benzene rings is 1. The second-order valence-corrected chi connectivity index (χ2v) is 18.0. The summed E-state index contributed by atoms with van der Waals surface area (Å²) in [5, 5.41) is 12.7. The van der Waals surface area contributed by atoms with Gasteiger partial charge in [0.15, 0.2) is 8.32 Å². The number of carbonyl (C=O) groups is 2. The zero-order valence-corrected chi connectivity index (χ0v) is 25.9. The Kier molecular flexibility index (Phi) is 8.28. The molecular formula is C28H34N2O6S2Si. The fourth-order valence-corrected chi connectivity index (χ4v) is 8.40. The highest BCUT2D eigenvalue weighted by Gasteiger charge is 2.59. The Morgan fingerprint density at radius 2 is 1.90 bits per heavy atom. The van der Waals surface area contributed by atoms with Gasteiger partial charge in [0, 0.05) is 27.5 Å². The van der Waals surface area contributed by atoms with Gasteiger partial charge in [0.05, 0.1) is 16.9 Å². The predicted molar refractivity (Wildman–Crippen MR) is 157 cm³/mol. The van der Waals surface area contributed by atoms with Crippen molar-refractivity contribution >= 4 is 54.6 Å². The van der Waals surface area contributed by atoms with Crippen LogP contribution >= 0.6 is 23.1 Å². The van der Waals surface area contributed by atoms with Crippen LogP contribution in [-0.2, 0) is 25.4 Å². The van der Waals surface area contributed by atoms with Crippen LogP contribution in [-0.4, -0.2) is 41.5 Å². The standard InChI is InChI=1S/C28H34N2O6S2Si/c1-8-20(21-10-9-15-37-21)24-23(27(32)35-16-18-11-13-19(14-12-18)30(33)34)29-25(31)22(26(29)38-24)17(2)36-39(6,7)28(3,4)5/h8-15,17,22,26H,16H2,1-7H3/t17-,22+,26-/m1/s1. The van der Waals surface area contributed by atoms with E-state index in [4.69, 9.17) is 9.16 Å². The fourth-order valence-electron chi connectivity index (χ4n) is 4.41. The summed E-state index contributed by atoms with van der Waals surface area (Å²) in [5.74, 6) is -1.11. The lowest BCUT2D eigenvalue weighted by atomic mass is 9.92. The molecule has 1 saturated heterocycles. The topological polar surface area (TPSA) is 99.0 Å². The molecule has 2 aliphatic rings. The number of non-ortho nitro benzene ring substituents is 1. The van der Waals surface area contributed by atoms with Crippen molar-refractivity contribution in [2.24, 2.45) is 5.92 Å². The van der Waals surface area contributed by atoms with Crippen LogP contribution in [0.15, 0.2) is 58.5 Å². The van der Waals surface area contributed by atoms with Crippen LogP contribution in [0.1, 0.15) is 45.1 Å². The number of β-lactam (4-membered cyclic amide) rings is 1. The molecule has 0 unspecified atom stereocenters. The van der Waals surface area contributed by atoms with Crippen LogP contribution in [0, 0.1) is 16.0 Å². The van der Waals surface area contributed by atoms with Crippen molar-refractivity contribution in [3.8, 4) is 0 Å². The van der Waals surface area contributed by atoms with E-state index in [1.54, 1.807) is 28.4 Å². The first kappa shape index (κ1) is 29.3. The Morgan fingerprint density at radius 1 is 1.23 bits per heavy atom. The lowest BCUT2D eigenvalue weighted by Gasteiger charge is -2.48. The van der Waals surface area contributed by atoms with Crippen LogP contribution in [0.5, 0.6) is 0 Å². The van der Waals surface area contributed by atoms with E-state index >= 15 is 0 Å². The molecule has 208 valence electrons. The molecule has 8 nitrogen and oxygen atoms in total. The summed E-state index contributed by atoms with van der Waals surface area (Å²) >= 11 is 3.08. The summed E-state index contributed by atoms with van der Waals surface area (Å²) in [7, 11) is -2.11. The van der Waals surface area contributed by atoms with Crippen LogP contribution in [0.3, 0.4) is 0 Å². The largest absolute Gasteiger partial charge is 0.456 e. The number of nitrogens with zero attached hydrogens (tertiary/aromatic N) is 2. The lowest BCUT2D eigenvalue weighted by Crippen LogP contribution is -2.62. The SMILES string of the molecule is CC=C(C1=C(C(=O)OCc2ccc([N+](=O)[O-])cc2)N2C(=O)[C@H]([C@@H](C)O[Si](C)(C)C(C)(C)C)[C@H]2S1)c1cccs1. The van der Waals surface area contributed by atoms with Gasteiger partial charge in [0.1, 0.15) is 17.7 Å². The molecule has 1 amide bonds. The Labute approximate surface area is 238 Å². The summed E-state index contributed by atoms with van der Waals surface area (Å²) in [5.41, 5.74) is 1.71. The normalized spacial score (nSPS) is 20.5. The zero-order valence-electron chi connectivity index (χ0n) is 23.2. The third kappa shape index (κ3) is 5.63. The predicted octanol–water partition coefficient (Wildman–Crippen LogP) is 6.96. The molecule has 2 aliphatic heterocycles. The Balaban J connectivity index is 1.60. The first-order chi connectivity index (χ1) is 18.3. The second kappa shape index (κ2) is 11.0. The van der Waals surface area contributed by atoms with E-state index in [2.05, 4.69) is 33.9 Å². The molecule has 0 N–H and O–H groups in total. The number of amides is 1. The molecule has 11 heteroatoms. The van der Waals surface area contributed by atoms with E-state index in [1.165, 1.54) is 23.9 Å². The summed E-state index contributed by atoms with van der Waals surface area (Å²) in [6.45, 7) is 14.7. The number of ether oxygens (including phenoxy) is 1. The van der Waals surface area contributed by atoms with Crippen LogP contribution < -0.4 is 0 Å². The Bertz CT molecular complexity index is 1330. The molecule has 3 atom stereocenters. The van der Waals surface area contributed by atoms with Crippen LogP contribution in [0.4, 0.5) is 5.69 Å². The molecule has 0 saturated carbocycles. The summed E-state index contributed by atoms with van der Waals surface area (Å²) in [4.78, 5) is 40.8. The molecule has 0 bridgehead atoms. The number of carbonyl (C=O) groups excluding carboxylic acids is 2. The highest BCUT2D eigenvalue weighted by Crippen LogP contribution is 2.55. The van der Waals surface area contributed by atoms with Gasteiger partial charge in [-0.2, -0.15) is 0 Å². The number of nitro groups is 1. The molecule has 1 aromatic carbocycles. The number of rotatable bonds is 9. The minimum absolute atomic E-state index is 0.00406. The number of esters is 1. The van der Waals surface area contributed by atoms with Gasteiger partial charge < -0.3 is 9.16 Å². The highest BCUT2D eigenvalue weighted by atomic mass is 32.2. The van der Waals surface area contributed by atoms with E-state index in [0.717, 1.165) is 10.5 Å². The van der Waals surface area contributed by atoms with Crippen molar-refractivity contribution in [1.82, 2.24) is 4.90 Å². The first-order valence-corrected chi connectivity index (χ1v) is 17.5. The molecule has 0 spiro atoms. The molecular weight excluding hydrogens is 553 g/mol. The lowest BCUT2D eigenvalue weighted by molar-refractivity contribution is -0.384. The highest BCUT2D eigenvalue weighted by molar-refractivity contribution is 8.04.